The molecule has 25 heavy (non-hydrogen) atoms. The van der Waals surface area contributed by atoms with E-state index >= 15 is 0 Å². The molecular weight excluding hydrogens is 340 g/mol. The first kappa shape index (κ1) is 21.4. The predicted octanol–water partition coefficient (Wildman–Crippen LogP) is 3.20. The maximum absolute atomic E-state index is 11.2. The number of hydrogen-bond donors (Lipinski definition) is 1. The van der Waals surface area contributed by atoms with Crippen LogP contribution in [0.25, 0.3) is 0 Å². The van der Waals surface area contributed by atoms with Crippen LogP contribution in [0.5, 0.6) is 0 Å². The lowest BCUT2D eigenvalue weighted by Gasteiger charge is -2.22. The van der Waals surface area contributed by atoms with Crippen LogP contribution in [0.3, 0.4) is 0 Å². The summed E-state index contributed by atoms with van der Waals surface area (Å²) in [5.41, 5.74) is 1.13. The maximum atomic E-state index is 11.2. The van der Waals surface area contributed by atoms with Gasteiger partial charge >= 0.3 is 5.97 Å². The molecule has 7 heteroatoms. The number of carbonyl (C=O) groups excluding carboxylic acids is 1. The number of aryl methyl sites for hydroxylation is 1. The molecule has 1 aromatic heterocycles. The fraction of sp³-hybridized carbons (Fsp3) is 0.667. The van der Waals surface area contributed by atoms with Crippen molar-refractivity contribution in [3.8, 4) is 0 Å². The molecule has 0 saturated heterocycles. The van der Waals surface area contributed by atoms with E-state index < -0.39 is 0 Å². The van der Waals surface area contributed by atoms with Crippen LogP contribution in [0.1, 0.15) is 44.7 Å². The number of nitrogens with zero attached hydrogens (tertiary/aromatic N) is 3. The first-order valence-electron chi connectivity index (χ1n) is 8.86. The van der Waals surface area contributed by atoms with Gasteiger partial charge in [0.1, 0.15) is 0 Å². The Morgan fingerprint density at radius 1 is 1.36 bits per heavy atom. The summed E-state index contributed by atoms with van der Waals surface area (Å²) in [5, 5.41) is 4.12. The molecule has 0 atom stereocenters. The lowest BCUT2D eigenvalue weighted by atomic mass is 10.1. The molecule has 0 amide bonds. The average Bonchev–Trinajstić information content (AvgIpc) is 2.87. The Morgan fingerprint density at radius 3 is 2.68 bits per heavy atom. The lowest BCUT2D eigenvalue weighted by Crippen LogP contribution is -2.39. The molecule has 142 valence electrons. The van der Waals surface area contributed by atoms with Crippen LogP contribution in [0, 0.1) is 0 Å². The third-order valence-electron chi connectivity index (χ3n) is 3.94. The number of esters is 1. The molecule has 0 aliphatic rings. The number of unbranched alkanes of at least 4 members (excludes halogenated alkanes) is 3. The Hall–Kier alpha value is -1.69. The summed E-state index contributed by atoms with van der Waals surface area (Å²) in [6, 6.07) is 1.97. The monoisotopic (exact) mass is 370 g/mol. The van der Waals surface area contributed by atoms with Crippen LogP contribution in [0.4, 0.5) is 0 Å². The molecule has 0 unspecified atom stereocenters. The number of rotatable bonds is 10. The van der Waals surface area contributed by atoms with E-state index in [1.54, 1.807) is 7.05 Å². The molecule has 1 N–H and O–H groups in total. The normalized spacial score (nSPS) is 11.5. The third-order valence-corrected chi connectivity index (χ3v) is 4.15. The number of nitrogens with one attached hydrogen (secondary N) is 1. The van der Waals surface area contributed by atoms with Crippen molar-refractivity contribution < 1.29 is 9.53 Å². The van der Waals surface area contributed by atoms with Gasteiger partial charge in [-0.3, -0.25) is 9.79 Å². The van der Waals surface area contributed by atoms with Crippen LogP contribution in [-0.4, -0.2) is 48.6 Å². The molecule has 0 saturated carbocycles. The molecule has 0 aromatic carbocycles. The SMILES string of the molecule is CCOC(=O)CCCCCCNC(=NC)N(C)Cc1cc(Cl)cn1C. The van der Waals surface area contributed by atoms with E-state index in [0.29, 0.717) is 13.0 Å². The first-order chi connectivity index (χ1) is 12.0. The fourth-order valence-corrected chi connectivity index (χ4v) is 2.88. The highest BCUT2D eigenvalue weighted by atomic mass is 35.5. The van der Waals surface area contributed by atoms with Crippen molar-refractivity contribution in [3.63, 3.8) is 0 Å². The van der Waals surface area contributed by atoms with E-state index in [1.165, 1.54) is 0 Å². The summed E-state index contributed by atoms with van der Waals surface area (Å²) in [4.78, 5) is 17.6. The summed E-state index contributed by atoms with van der Waals surface area (Å²) in [5.74, 6) is 0.771. The van der Waals surface area contributed by atoms with Crippen LogP contribution < -0.4 is 5.32 Å². The van der Waals surface area contributed by atoms with Crippen LogP contribution in [0.2, 0.25) is 5.02 Å². The number of aliphatic imine (C=N–C) groups is 1. The van der Waals surface area contributed by atoms with Crippen molar-refractivity contribution >= 4 is 23.5 Å². The van der Waals surface area contributed by atoms with Crippen molar-refractivity contribution in [3.05, 3.63) is 23.0 Å². The van der Waals surface area contributed by atoms with Crippen molar-refractivity contribution in [2.45, 2.75) is 45.6 Å². The highest BCUT2D eigenvalue weighted by molar-refractivity contribution is 6.30. The van der Waals surface area contributed by atoms with Gasteiger partial charge in [0.15, 0.2) is 5.96 Å². The molecule has 0 fully saturated rings. The second-order valence-electron chi connectivity index (χ2n) is 6.06. The summed E-state index contributed by atoms with van der Waals surface area (Å²) in [7, 11) is 5.78. The zero-order chi connectivity index (χ0) is 18.7. The highest BCUT2D eigenvalue weighted by Gasteiger charge is 2.09. The third kappa shape index (κ3) is 8.29. The largest absolute Gasteiger partial charge is 0.466 e. The maximum Gasteiger partial charge on any atom is 0.305 e. The van der Waals surface area contributed by atoms with E-state index in [9.17, 15) is 4.79 Å². The van der Waals surface area contributed by atoms with Gasteiger partial charge in [-0.05, 0) is 25.8 Å². The molecule has 0 bridgehead atoms. The van der Waals surface area contributed by atoms with Crippen molar-refractivity contribution in [1.29, 1.82) is 0 Å². The Morgan fingerprint density at radius 2 is 2.08 bits per heavy atom. The van der Waals surface area contributed by atoms with Crippen molar-refractivity contribution in [2.24, 2.45) is 12.0 Å². The van der Waals surface area contributed by atoms with Crippen molar-refractivity contribution in [2.75, 3.05) is 27.2 Å². The lowest BCUT2D eigenvalue weighted by molar-refractivity contribution is -0.143. The molecule has 0 aliphatic heterocycles. The predicted molar refractivity (Wildman–Crippen MR) is 103 cm³/mol. The van der Waals surface area contributed by atoms with Gasteiger partial charge in [-0.15, -0.1) is 0 Å². The second kappa shape index (κ2) is 11.8. The van der Waals surface area contributed by atoms with E-state index in [-0.39, 0.29) is 5.97 Å². The quantitative estimate of drug-likeness (QED) is 0.297. The first-order valence-corrected chi connectivity index (χ1v) is 9.23. The van der Waals surface area contributed by atoms with Gasteiger partial charge in [0.05, 0.1) is 18.2 Å². The van der Waals surface area contributed by atoms with Crippen LogP contribution >= 0.6 is 11.6 Å². The van der Waals surface area contributed by atoms with Crippen molar-refractivity contribution in [1.82, 2.24) is 14.8 Å². The van der Waals surface area contributed by atoms with Gasteiger partial charge < -0.3 is 19.5 Å². The number of hydrogen-bond acceptors (Lipinski definition) is 3. The zero-order valence-corrected chi connectivity index (χ0v) is 16.6. The average molecular weight is 371 g/mol. The van der Waals surface area contributed by atoms with E-state index in [2.05, 4.69) is 15.2 Å². The Kier molecular flexibility index (Phi) is 10.1. The minimum Gasteiger partial charge on any atom is -0.466 e. The molecule has 1 rings (SSSR count). The number of guanidine groups is 1. The van der Waals surface area contributed by atoms with Gasteiger partial charge in [0.25, 0.3) is 0 Å². The van der Waals surface area contributed by atoms with Gasteiger partial charge in [0.2, 0.25) is 0 Å². The smallest absolute Gasteiger partial charge is 0.305 e. The standard InChI is InChI=1S/C18H31ClN4O2/c1-5-25-17(24)10-8-6-7-9-11-21-18(20-2)23(4)14-16-12-15(19)13-22(16)3/h12-13H,5-11,14H2,1-4H3,(H,20,21). The summed E-state index contributed by atoms with van der Waals surface area (Å²) in [6.45, 7) is 3.90. The second-order valence-corrected chi connectivity index (χ2v) is 6.50. The topological polar surface area (TPSA) is 58.9 Å². The van der Waals surface area contributed by atoms with Crippen LogP contribution in [0.15, 0.2) is 17.3 Å². The number of aromatic nitrogens is 1. The molecule has 0 aliphatic carbocycles. The minimum atomic E-state index is -0.0940. The summed E-state index contributed by atoms with van der Waals surface area (Å²) in [6.07, 6.45) is 6.48. The Balaban J connectivity index is 2.21. The molecule has 6 nitrogen and oxygen atoms in total. The minimum absolute atomic E-state index is 0.0940. The number of ether oxygens (including phenoxy) is 1. The Bertz CT molecular complexity index is 557. The fourth-order valence-electron chi connectivity index (χ4n) is 2.61. The van der Waals surface area contributed by atoms with Crippen LogP contribution in [-0.2, 0) is 23.1 Å². The van der Waals surface area contributed by atoms with E-state index in [4.69, 9.17) is 16.3 Å². The highest BCUT2D eigenvalue weighted by Crippen LogP contribution is 2.14. The molecule has 0 radical (unpaired) electrons. The van der Waals surface area contributed by atoms with Gasteiger partial charge in [-0.1, -0.05) is 24.4 Å². The molecule has 0 spiro atoms. The van der Waals surface area contributed by atoms with Gasteiger partial charge in [-0.25, -0.2) is 0 Å². The van der Waals surface area contributed by atoms with Gasteiger partial charge in [0, 0.05) is 46.0 Å². The number of carbonyl (C=O) groups is 1. The molecule has 1 heterocycles. The Labute approximate surface area is 156 Å². The van der Waals surface area contributed by atoms with Gasteiger partial charge in [-0.2, -0.15) is 0 Å². The van der Waals surface area contributed by atoms with E-state index in [1.807, 2.05) is 37.8 Å². The molecule has 1 aromatic rings. The number of halogens is 1. The zero-order valence-electron chi connectivity index (χ0n) is 15.8. The summed E-state index contributed by atoms with van der Waals surface area (Å²) < 4.78 is 6.94. The summed E-state index contributed by atoms with van der Waals surface area (Å²) >= 11 is 6.03. The van der Waals surface area contributed by atoms with E-state index in [0.717, 1.165) is 55.4 Å². The molecular formula is C18H31ClN4O2.